The SMILES string of the molecule is CC1CCN(c2ncc(NC(=O)C(C)C)cn2)CC1. The topological polar surface area (TPSA) is 58.1 Å². The van der Waals surface area contributed by atoms with Crippen LogP contribution < -0.4 is 10.2 Å². The second-order valence-electron chi connectivity index (χ2n) is 5.59. The molecular formula is C14H22N4O. The lowest BCUT2D eigenvalue weighted by Gasteiger charge is -2.30. The average molecular weight is 262 g/mol. The van der Waals surface area contributed by atoms with E-state index in [1.807, 2.05) is 13.8 Å². The van der Waals surface area contributed by atoms with Crippen molar-refractivity contribution in [3.05, 3.63) is 12.4 Å². The van der Waals surface area contributed by atoms with Gasteiger partial charge in [0, 0.05) is 19.0 Å². The molecule has 0 radical (unpaired) electrons. The smallest absolute Gasteiger partial charge is 0.227 e. The van der Waals surface area contributed by atoms with Crippen molar-refractivity contribution in [2.75, 3.05) is 23.3 Å². The van der Waals surface area contributed by atoms with Crippen molar-refractivity contribution in [1.29, 1.82) is 0 Å². The van der Waals surface area contributed by atoms with E-state index in [1.165, 1.54) is 12.8 Å². The molecular weight excluding hydrogens is 240 g/mol. The fourth-order valence-electron chi connectivity index (χ4n) is 2.04. The number of carbonyl (C=O) groups excluding carboxylic acids is 1. The molecule has 1 fully saturated rings. The van der Waals surface area contributed by atoms with Gasteiger partial charge in [0.1, 0.15) is 0 Å². The van der Waals surface area contributed by atoms with Gasteiger partial charge in [-0.1, -0.05) is 20.8 Å². The quantitative estimate of drug-likeness (QED) is 0.908. The van der Waals surface area contributed by atoms with E-state index in [0.717, 1.165) is 25.0 Å². The van der Waals surface area contributed by atoms with Crippen molar-refractivity contribution in [1.82, 2.24) is 9.97 Å². The second kappa shape index (κ2) is 5.99. The van der Waals surface area contributed by atoms with Gasteiger partial charge in [-0.2, -0.15) is 0 Å². The number of carbonyl (C=O) groups is 1. The van der Waals surface area contributed by atoms with Gasteiger partial charge >= 0.3 is 0 Å². The summed E-state index contributed by atoms with van der Waals surface area (Å²) in [4.78, 5) is 22.4. The van der Waals surface area contributed by atoms with Gasteiger partial charge in [-0.05, 0) is 18.8 Å². The van der Waals surface area contributed by atoms with Crippen molar-refractivity contribution >= 4 is 17.5 Å². The third-order valence-electron chi connectivity index (χ3n) is 3.50. The van der Waals surface area contributed by atoms with E-state index in [9.17, 15) is 4.79 Å². The highest BCUT2D eigenvalue weighted by atomic mass is 16.1. The highest BCUT2D eigenvalue weighted by molar-refractivity contribution is 5.91. The molecule has 0 spiro atoms. The van der Waals surface area contributed by atoms with Crippen LogP contribution >= 0.6 is 0 Å². The molecule has 2 heterocycles. The highest BCUT2D eigenvalue weighted by Gasteiger charge is 2.17. The van der Waals surface area contributed by atoms with Crippen molar-refractivity contribution in [3.8, 4) is 0 Å². The van der Waals surface area contributed by atoms with Crippen LogP contribution in [0.4, 0.5) is 11.6 Å². The van der Waals surface area contributed by atoms with Crippen molar-refractivity contribution < 1.29 is 4.79 Å². The summed E-state index contributed by atoms with van der Waals surface area (Å²) in [6.07, 6.45) is 5.74. The molecule has 1 aromatic rings. The van der Waals surface area contributed by atoms with Crippen LogP contribution in [0.25, 0.3) is 0 Å². The molecule has 0 bridgehead atoms. The maximum Gasteiger partial charge on any atom is 0.227 e. The minimum atomic E-state index is -0.0386. The Kier molecular flexibility index (Phi) is 4.35. The Morgan fingerprint density at radius 2 is 1.89 bits per heavy atom. The zero-order chi connectivity index (χ0) is 13.8. The molecule has 1 aliphatic rings. The van der Waals surface area contributed by atoms with Gasteiger partial charge in [0.25, 0.3) is 0 Å². The Balaban J connectivity index is 1.96. The van der Waals surface area contributed by atoms with Gasteiger partial charge in [0.15, 0.2) is 0 Å². The number of anilines is 2. The van der Waals surface area contributed by atoms with Crippen molar-refractivity contribution in [3.63, 3.8) is 0 Å². The van der Waals surface area contributed by atoms with E-state index in [-0.39, 0.29) is 11.8 Å². The standard InChI is InChI=1S/C14H22N4O/c1-10(2)13(19)17-12-8-15-14(16-9-12)18-6-4-11(3)5-7-18/h8-11H,4-7H2,1-3H3,(H,17,19). The van der Waals surface area contributed by atoms with Gasteiger partial charge in [0.2, 0.25) is 11.9 Å². The average Bonchev–Trinajstić information content (AvgIpc) is 2.40. The van der Waals surface area contributed by atoms with E-state index in [4.69, 9.17) is 0 Å². The summed E-state index contributed by atoms with van der Waals surface area (Å²) in [5.74, 6) is 1.50. The van der Waals surface area contributed by atoms with Crippen LogP contribution in [0.5, 0.6) is 0 Å². The molecule has 19 heavy (non-hydrogen) atoms. The maximum atomic E-state index is 11.6. The zero-order valence-electron chi connectivity index (χ0n) is 11.9. The minimum Gasteiger partial charge on any atom is -0.341 e. The largest absolute Gasteiger partial charge is 0.341 e. The number of rotatable bonds is 3. The number of hydrogen-bond donors (Lipinski definition) is 1. The first-order valence-corrected chi connectivity index (χ1v) is 6.94. The minimum absolute atomic E-state index is 0.0110. The molecule has 1 aromatic heterocycles. The summed E-state index contributed by atoms with van der Waals surface area (Å²) in [6.45, 7) is 8.03. The van der Waals surface area contributed by atoms with Crippen LogP contribution in [-0.2, 0) is 4.79 Å². The molecule has 0 atom stereocenters. The molecule has 1 amide bonds. The third kappa shape index (κ3) is 3.66. The molecule has 0 saturated carbocycles. The van der Waals surface area contributed by atoms with E-state index < -0.39 is 0 Å². The first-order valence-electron chi connectivity index (χ1n) is 6.94. The molecule has 0 aromatic carbocycles. The third-order valence-corrected chi connectivity index (χ3v) is 3.50. The Labute approximate surface area is 114 Å². The molecule has 1 aliphatic heterocycles. The van der Waals surface area contributed by atoms with Gasteiger partial charge in [-0.25, -0.2) is 9.97 Å². The van der Waals surface area contributed by atoms with E-state index in [2.05, 4.69) is 27.1 Å². The number of piperidine rings is 1. The molecule has 1 N–H and O–H groups in total. The van der Waals surface area contributed by atoms with Gasteiger partial charge in [0.05, 0.1) is 18.1 Å². The lowest BCUT2D eigenvalue weighted by Crippen LogP contribution is -2.34. The maximum absolute atomic E-state index is 11.6. The van der Waals surface area contributed by atoms with Gasteiger partial charge in [-0.15, -0.1) is 0 Å². The van der Waals surface area contributed by atoms with E-state index >= 15 is 0 Å². The number of amides is 1. The number of nitrogens with one attached hydrogen (secondary N) is 1. The normalized spacial score (nSPS) is 16.7. The number of nitrogens with zero attached hydrogens (tertiary/aromatic N) is 3. The van der Waals surface area contributed by atoms with Gasteiger partial charge in [-0.3, -0.25) is 4.79 Å². The molecule has 5 nitrogen and oxygen atoms in total. The molecule has 104 valence electrons. The first kappa shape index (κ1) is 13.8. The predicted octanol–water partition coefficient (Wildman–Crippen LogP) is 2.31. The second-order valence-corrected chi connectivity index (χ2v) is 5.59. The highest BCUT2D eigenvalue weighted by Crippen LogP contribution is 2.20. The zero-order valence-corrected chi connectivity index (χ0v) is 11.9. The molecule has 1 saturated heterocycles. The van der Waals surface area contributed by atoms with Crippen LogP contribution in [0.15, 0.2) is 12.4 Å². The summed E-state index contributed by atoms with van der Waals surface area (Å²) in [6, 6.07) is 0. The molecule has 2 rings (SSSR count). The van der Waals surface area contributed by atoms with Crippen molar-refractivity contribution in [2.24, 2.45) is 11.8 Å². The van der Waals surface area contributed by atoms with E-state index in [1.54, 1.807) is 12.4 Å². The lowest BCUT2D eigenvalue weighted by atomic mass is 10.00. The first-order chi connectivity index (χ1) is 9.06. The van der Waals surface area contributed by atoms with Crippen LogP contribution in [0, 0.1) is 11.8 Å². The monoisotopic (exact) mass is 262 g/mol. The summed E-state index contributed by atoms with van der Waals surface area (Å²) >= 11 is 0. The fourth-order valence-corrected chi connectivity index (χ4v) is 2.04. The number of aromatic nitrogens is 2. The Bertz CT molecular complexity index is 422. The summed E-state index contributed by atoms with van der Waals surface area (Å²) in [5, 5.41) is 2.80. The molecule has 0 aliphatic carbocycles. The van der Waals surface area contributed by atoms with Crippen LogP contribution in [-0.4, -0.2) is 29.0 Å². The van der Waals surface area contributed by atoms with Crippen molar-refractivity contribution in [2.45, 2.75) is 33.6 Å². The molecule has 0 unspecified atom stereocenters. The molecule has 5 heteroatoms. The Morgan fingerprint density at radius 1 is 1.32 bits per heavy atom. The summed E-state index contributed by atoms with van der Waals surface area (Å²) in [5.41, 5.74) is 0.660. The van der Waals surface area contributed by atoms with Crippen LogP contribution in [0.1, 0.15) is 33.6 Å². The Hall–Kier alpha value is -1.65. The Morgan fingerprint density at radius 3 is 2.42 bits per heavy atom. The predicted molar refractivity (Wildman–Crippen MR) is 76.1 cm³/mol. The summed E-state index contributed by atoms with van der Waals surface area (Å²) < 4.78 is 0. The lowest BCUT2D eigenvalue weighted by molar-refractivity contribution is -0.118. The van der Waals surface area contributed by atoms with Gasteiger partial charge < -0.3 is 10.2 Å². The van der Waals surface area contributed by atoms with E-state index in [0.29, 0.717) is 5.69 Å². The number of hydrogen-bond acceptors (Lipinski definition) is 4. The van der Waals surface area contributed by atoms with Crippen LogP contribution in [0.3, 0.4) is 0 Å². The van der Waals surface area contributed by atoms with Crippen LogP contribution in [0.2, 0.25) is 0 Å². The summed E-state index contributed by atoms with van der Waals surface area (Å²) in [7, 11) is 0. The fraction of sp³-hybridized carbons (Fsp3) is 0.643.